The van der Waals surface area contributed by atoms with Crippen molar-refractivity contribution in [1.29, 1.82) is 0 Å². The van der Waals surface area contributed by atoms with Crippen molar-refractivity contribution >= 4 is 118 Å². The third-order valence-electron chi connectivity index (χ3n) is 18.4. The molecule has 1 rings (SSSR count). The number of carbonyl (C=O) groups excluding carboxylic acids is 17. The van der Waals surface area contributed by atoms with Gasteiger partial charge in [0.1, 0.15) is 90.6 Å². The fraction of sp³-hybridized carbons (Fsp3) is 0.693. The maximum absolute atomic E-state index is 14.7. The summed E-state index contributed by atoms with van der Waals surface area (Å²) in [5.74, 6) is -23.8. The molecule has 0 radical (unpaired) electrons. The van der Waals surface area contributed by atoms with E-state index in [1.165, 1.54) is 33.3 Å². The fourth-order valence-corrected chi connectivity index (χ4v) is 12.0. The van der Waals surface area contributed by atoms with Gasteiger partial charge in [-0.05, 0) is 121 Å². The van der Waals surface area contributed by atoms with E-state index in [9.17, 15) is 112 Å². The Morgan fingerprint density at radius 3 is 1.15 bits per heavy atom. The van der Waals surface area contributed by atoms with Crippen LogP contribution in [0.5, 0.6) is 0 Å². The number of hydrogen-bond donors (Lipinski definition) is 26. The number of nitrogens with one attached hydrogen (secondary N) is 15. The maximum atomic E-state index is 14.7. The standard InChI is InChI=1S/C75H130N24O23/c1-33(2)23-45(90-60(107)38(11)86-64(111)51(30-56(105)106)96-73(120)59(40(13)101)99-70(117)48(26-36(7)8)93-69(116)50(28-54(78)103)95-71(118)57(80)39(12)100)66(113)91-46(24-34(3)4)65(112)88-44(19-20-53(77)102)63(110)98-58(37(9)10)72(119)89-43(18-16-22-84-75(81)82)61(108)87-42(17-14-15-21-76)62(109)94-49(27-41-31-83-32-85-41)68(115)92-47(25-35(5)6)67(114)97-52(74(121)122)29-55(79)104/h31-40,42-52,57-59,100-101H,14-30,76,80H2,1-13H3,(H2,77,102)(H2,78,103)(H2,79,104)(H,83,85)(H,86,111)(H,87,108)(H,88,112)(H,89,119)(H,90,107)(H,91,113)(H,92,115)(H,93,116)(H,94,109)(H,95,118)(H,96,120)(H,97,114)(H,98,110)(H,99,117)(H,105,106)(H,121,122)(H4,81,82,84)/t38-,39+,40+,42-,43-,44-,45-,46-,47-,48-,49-,50-,51-,52-,57-,58-,59-/m0/s1. The van der Waals surface area contributed by atoms with Crippen molar-refractivity contribution in [3.63, 3.8) is 0 Å². The van der Waals surface area contributed by atoms with Gasteiger partial charge in [-0.15, -0.1) is 0 Å². The number of carboxylic acids is 2. The first kappa shape index (κ1) is 108. The van der Waals surface area contributed by atoms with Crippen molar-refractivity contribution in [2.75, 3.05) is 13.1 Å². The number of H-pyrrole nitrogens is 1. The predicted octanol–water partition coefficient (Wildman–Crippen LogP) is -8.55. The number of aliphatic carboxylic acids is 2. The lowest BCUT2D eigenvalue weighted by Crippen LogP contribution is -2.62. The summed E-state index contributed by atoms with van der Waals surface area (Å²) in [6, 6.07) is -24.5. The van der Waals surface area contributed by atoms with Crippen LogP contribution >= 0.6 is 0 Å². The van der Waals surface area contributed by atoms with Gasteiger partial charge < -0.3 is 140 Å². The molecule has 17 atom stereocenters. The molecule has 0 aliphatic carbocycles. The van der Waals surface area contributed by atoms with Gasteiger partial charge >= 0.3 is 11.9 Å². The number of aliphatic hydroxyl groups excluding tert-OH is 2. The molecule has 0 unspecified atom stereocenters. The zero-order valence-corrected chi connectivity index (χ0v) is 71.4. The van der Waals surface area contributed by atoms with E-state index in [0.29, 0.717) is 12.1 Å². The highest BCUT2D eigenvalue weighted by Gasteiger charge is 2.41. The first-order valence-electron chi connectivity index (χ1n) is 40.2. The molecule has 47 heteroatoms. The van der Waals surface area contributed by atoms with Gasteiger partial charge in [0.05, 0.1) is 37.8 Å². The zero-order valence-electron chi connectivity index (χ0n) is 71.4. The van der Waals surface area contributed by atoms with Crippen molar-refractivity contribution in [2.24, 2.45) is 74.7 Å². The lowest BCUT2D eigenvalue weighted by atomic mass is 9.99. The van der Waals surface area contributed by atoms with Crippen LogP contribution in [0, 0.1) is 29.6 Å². The summed E-state index contributed by atoms with van der Waals surface area (Å²) >= 11 is 0. The van der Waals surface area contributed by atoms with Gasteiger partial charge in [-0.1, -0.05) is 69.2 Å². The SMILES string of the molecule is CC(C)C[C@H](NC(=O)[C@H](C)NC(=O)[C@H](CC(=O)O)NC(=O)[C@@H](NC(=O)[C@H](CC(C)C)NC(=O)[C@H](CC(N)=O)NC(=O)[C@@H](N)[C@@H](C)O)[C@@H](C)O)C(=O)N[C@@H](CC(C)C)C(=O)N[C@@H](CCC(N)=O)C(=O)N[C@H](C(=O)N[C@@H](CCCN=C(N)N)C(=O)N[C@@H](CCCCN)C(=O)N[C@@H](Cc1cnc[nH]1)C(=O)N[C@@H](CC(C)C)C(=O)N[C@@H](CC(N)=O)C(=O)O)C(C)C. The number of hydrogen-bond acceptors (Lipinski definition) is 25. The van der Waals surface area contributed by atoms with Crippen LogP contribution in [0.3, 0.4) is 0 Å². The van der Waals surface area contributed by atoms with Crippen molar-refractivity contribution < 1.29 is 112 Å². The molecule has 0 bridgehead atoms. The lowest BCUT2D eigenvalue weighted by molar-refractivity contribution is -0.144. The number of aromatic amines is 1. The van der Waals surface area contributed by atoms with Crippen molar-refractivity contribution in [1.82, 2.24) is 84.4 Å². The Hall–Kier alpha value is -11.7. The van der Waals surface area contributed by atoms with Gasteiger partial charge in [-0.2, -0.15) is 0 Å². The highest BCUT2D eigenvalue weighted by atomic mass is 16.4. The number of rotatable bonds is 59. The minimum Gasteiger partial charge on any atom is -0.481 e. The molecule has 122 heavy (non-hydrogen) atoms. The second-order valence-corrected chi connectivity index (χ2v) is 31.9. The minimum absolute atomic E-state index is 0.0136. The molecular weight excluding hydrogens is 1600 g/mol. The number of carbonyl (C=O) groups is 19. The number of amides is 17. The molecule has 1 aromatic rings. The Balaban J connectivity index is 3.69. The van der Waals surface area contributed by atoms with E-state index in [0.717, 1.165) is 13.8 Å². The number of aromatic nitrogens is 2. The third kappa shape index (κ3) is 42.0. The highest BCUT2D eigenvalue weighted by Crippen LogP contribution is 2.16. The van der Waals surface area contributed by atoms with E-state index in [1.807, 2.05) is 0 Å². The molecule has 0 aliphatic heterocycles. The van der Waals surface area contributed by atoms with Crippen molar-refractivity contribution in [2.45, 2.75) is 289 Å². The molecule has 1 aromatic heterocycles. The second-order valence-electron chi connectivity index (χ2n) is 31.9. The largest absolute Gasteiger partial charge is 0.481 e. The van der Waals surface area contributed by atoms with Crippen LogP contribution in [0.15, 0.2) is 17.5 Å². The highest BCUT2D eigenvalue weighted by molar-refractivity contribution is 6.02. The van der Waals surface area contributed by atoms with E-state index in [1.54, 1.807) is 55.4 Å². The molecular formula is C75H130N24O23. The Bertz CT molecular complexity index is 3740. The van der Waals surface area contributed by atoms with E-state index >= 15 is 0 Å². The number of nitrogens with two attached hydrogens (primary N) is 7. The van der Waals surface area contributed by atoms with Gasteiger partial charge in [-0.25, -0.2) is 9.78 Å². The zero-order chi connectivity index (χ0) is 93.3. The topological polar surface area (TPSA) is 797 Å². The molecule has 0 aromatic carbocycles. The Morgan fingerprint density at radius 1 is 0.385 bits per heavy atom. The molecule has 0 spiro atoms. The summed E-state index contributed by atoms with van der Waals surface area (Å²) in [7, 11) is 0. The minimum atomic E-state index is -2.04. The lowest BCUT2D eigenvalue weighted by Gasteiger charge is -2.30. The van der Waals surface area contributed by atoms with E-state index in [2.05, 4.69) is 89.4 Å². The third-order valence-corrected chi connectivity index (χ3v) is 18.4. The van der Waals surface area contributed by atoms with Crippen LogP contribution in [0.4, 0.5) is 0 Å². The van der Waals surface area contributed by atoms with Crippen LogP contribution in [0.1, 0.15) is 186 Å². The number of primary amides is 3. The summed E-state index contributed by atoms with van der Waals surface area (Å²) < 4.78 is 0. The number of aliphatic imine (C=N–C) groups is 1. The first-order chi connectivity index (χ1) is 56.8. The van der Waals surface area contributed by atoms with Crippen LogP contribution in [-0.4, -0.2) is 265 Å². The van der Waals surface area contributed by atoms with E-state index in [4.69, 9.17) is 40.1 Å². The molecule has 33 N–H and O–H groups in total. The summed E-state index contributed by atoms with van der Waals surface area (Å²) in [5, 5.41) is 74.2. The monoisotopic (exact) mass is 1730 g/mol. The predicted molar refractivity (Wildman–Crippen MR) is 438 cm³/mol. The number of guanidine groups is 1. The number of imidazole rings is 1. The normalized spacial score (nSPS) is 15.5. The summed E-state index contributed by atoms with van der Waals surface area (Å²) in [6.45, 7) is 19.8. The van der Waals surface area contributed by atoms with Crippen molar-refractivity contribution in [3.8, 4) is 0 Å². The molecule has 0 saturated heterocycles. The second kappa shape index (κ2) is 54.5. The average Bonchev–Trinajstić information content (AvgIpc) is 1.06. The Labute approximate surface area is 706 Å². The van der Waals surface area contributed by atoms with Crippen LogP contribution < -0.4 is 115 Å². The summed E-state index contributed by atoms with van der Waals surface area (Å²) in [6.07, 6.45) is -4.84. The van der Waals surface area contributed by atoms with E-state index in [-0.39, 0.29) is 94.6 Å². The van der Waals surface area contributed by atoms with Gasteiger partial charge in [0.15, 0.2) is 5.96 Å². The average molecular weight is 1740 g/mol. The van der Waals surface area contributed by atoms with Crippen LogP contribution in [-0.2, 0) is 97.5 Å². The van der Waals surface area contributed by atoms with Gasteiger partial charge in [0.2, 0.25) is 100 Å². The molecule has 688 valence electrons. The van der Waals surface area contributed by atoms with Gasteiger partial charge in [0.25, 0.3) is 0 Å². The smallest absolute Gasteiger partial charge is 0.326 e. The molecule has 0 fully saturated rings. The number of unbranched alkanes of at least 4 members (excludes halogenated alkanes) is 1. The van der Waals surface area contributed by atoms with Gasteiger partial charge in [-0.3, -0.25) is 91.3 Å². The van der Waals surface area contributed by atoms with Crippen LogP contribution in [0.2, 0.25) is 0 Å². The van der Waals surface area contributed by atoms with Crippen molar-refractivity contribution in [3.05, 3.63) is 18.2 Å². The molecule has 47 nitrogen and oxygen atoms in total. The maximum Gasteiger partial charge on any atom is 0.326 e. The first-order valence-corrected chi connectivity index (χ1v) is 40.2. The Kier molecular flexibility index (Phi) is 48.4. The molecule has 0 aliphatic rings. The number of aliphatic hydroxyl groups is 2. The fourth-order valence-electron chi connectivity index (χ4n) is 12.0. The molecule has 0 saturated carbocycles. The van der Waals surface area contributed by atoms with Crippen LogP contribution in [0.25, 0.3) is 0 Å². The van der Waals surface area contributed by atoms with Gasteiger partial charge in [0, 0.05) is 31.3 Å². The quantitative estimate of drug-likeness (QED) is 0.0164. The number of carboxylic acid groups (broad SMARTS) is 2. The van der Waals surface area contributed by atoms with E-state index < -0.39 is 259 Å². The summed E-state index contributed by atoms with van der Waals surface area (Å²) in [4.78, 5) is 268. The summed E-state index contributed by atoms with van der Waals surface area (Å²) in [5.41, 5.74) is 39.1. The number of nitrogens with zero attached hydrogens (tertiary/aromatic N) is 2. The Morgan fingerprint density at radius 2 is 0.738 bits per heavy atom. The molecule has 1 heterocycles. The molecule has 17 amide bonds.